The van der Waals surface area contributed by atoms with E-state index in [-0.39, 0.29) is 6.04 Å². The van der Waals surface area contributed by atoms with Crippen LogP contribution in [-0.2, 0) is 4.79 Å². The molecule has 2 atom stereocenters. The van der Waals surface area contributed by atoms with Gasteiger partial charge in [0.15, 0.2) is 0 Å². The molecule has 1 amide bonds. The van der Waals surface area contributed by atoms with Gasteiger partial charge in [-0.3, -0.25) is 4.79 Å². The van der Waals surface area contributed by atoms with Gasteiger partial charge in [0.05, 0.1) is 6.04 Å². The van der Waals surface area contributed by atoms with Gasteiger partial charge < -0.3 is 16.8 Å². The Labute approximate surface area is 96.0 Å². The zero-order valence-corrected chi connectivity index (χ0v) is 9.52. The highest BCUT2D eigenvalue weighted by molar-refractivity contribution is 5.79. The molecule has 0 aliphatic carbocycles. The van der Waals surface area contributed by atoms with E-state index in [1.807, 2.05) is 18.2 Å². The molecule has 0 fully saturated rings. The highest BCUT2D eigenvalue weighted by Crippen LogP contribution is 2.15. The van der Waals surface area contributed by atoms with E-state index in [0.717, 1.165) is 6.42 Å². The lowest BCUT2D eigenvalue weighted by atomic mass is 10.0. The van der Waals surface area contributed by atoms with Crippen molar-refractivity contribution in [3.8, 4) is 0 Å². The summed E-state index contributed by atoms with van der Waals surface area (Å²) in [5.41, 5.74) is 11.9. The van der Waals surface area contributed by atoms with Crippen molar-refractivity contribution in [3.63, 3.8) is 0 Å². The van der Waals surface area contributed by atoms with Crippen LogP contribution in [0.15, 0.2) is 30.3 Å². The van der Waals surface area contributed by atoms with Gasteiger partial charge in [0.25, 0.3) is 0 Å². The molecule has 0 heterocycles. The molecule has 5 N–H and O–H groups in total. The lowest BCUT2D eigenvalue weighted by molar-refractivity contribution is -0.119. The number of amides is 1. The van der Waals surface area contributed by atoms with E-state index in [1.54, 1.807) is 0 Å². The summed E-state index contributed by atoms with van der Waals surface area (Å²) in [4.78, 5) is 10.8. The van der Waals surface area contributed by atoms with Crippen molar-refractivity contribution < 1.29 is 4.79 Å². The van der Waals surface area contributed by atoms with Crippen molar-refractivity contribution in [3.05, 3.63) is 35.9 Å². The van der Waals surface area contributed by atoms with Crippen LogP contribution < -0.4 is 16.8 Å². The molecule has 2 unspecified atom stereocenters. The topological polar surface area (TPSA) is 81.1 Å². The Morgan fingerprint density at radius 3 is 2.50 bits per heavy atom. The quantitative estimate of drug-likeness (QED) is 0.655. The molecule has 1 aromatic carbocycles. The minimum atomic E-state index is -0.627. The smallest absolute Gasteiger partial charge is 0.235 e. The van der Waals surface area contributed by atoms with Gasteiger partial charge in [-0.2, -0.15) is 0 Å². The van der Waals surface area contributed by atoms with Crippen molar-refractivity contribution in [1.29, 1.82) is 0 Å². The number of carbonyl (C=O) groups is 1. The number of nitrogens with one attached hydrogen (secondary N) is 1. The van der Waals surface area contributed by atoms with Crippen molar-refractivity contribution in [2.75, 3.05) is 6.54 Å². The second kappa shape index (κ2) is 6.25. The Hall–Kier alpha value is -1.39. The summed E-state index contributed by atoms with van der Waals surface area (Å²) in [6, 6.07) is 9.66. The van der Waals surface area contributed by atoms with E-state index in [9.17, 15) is 4.79 Å². The highest BCUT2D eigenvalue weighted by atomic mass is 16.1. The van der Waals surface area contributed by atoms with Crippen LogP contribution in [0.3, 0.4) is 0 Å². The average molecular weight is 221 g/mol. The molecule has 0 saturated heterocycles. The molecule has 0 aliphatic heterocycles. The third kappa shape index (κ3) is 3.64. The van der Waals surface area contributed by atoms with Crippen LogP contribution in [0.4, 0.5) is 0 Å². The first-order chi connectivity index (χ1) is 7.65. The number of rotatable bonds is 6. The minimum Gasteiger partial charge on any atom is -0.368 e. The molecule has 1 rings (SSSR count). The van der Waals surface area contributed by atoms with E-state index in [1.165, 1.54) is 5.56 Å². The summed E-state index contributed by atoms with van der Waals surface area (Å²) in [5.74, 6) is -0.476. The number of hydrogen-bond donors (Lipinski definition) is 3. The van der Waals surface area contributed by atoms with Crippen LogP contribution >= 0.6 is 0 Å². The van der Waals surface area contributed by atoms with E-state index in [0.29, 0.717) is 6.54 Å². The summed E-state index contributed by atoms with van der Waals surface area (Å²) in [6.45, 7) is 2.49. The predicted octanol–water partition coefficient (Wildman–Crippen LogP) is 0.540. The number of hydrogen-bond acceptors (Lipinski definition) is 3. The van der Waals surface area contributed by atoms with Gasteiger partial charge in [-0.1, -0.05) is 37.3 Å². The molecule has 1 aromatic rings. The second-order valence-corrected chi connectivity index (χ2v) is 3.79. The molecule has 4 nitrogen and oxygen atoms in total. The normalized spacial score (nSPS) is 14.4. The first-order valence-corrected chi connectivity index (χ1v) is 5.48. The first-order valence-electron chi connectivity index (χ1n) is 5.48. The Morgan fingerprint density at radius 2 is 2.00 bits per heavy atom. The fourth-order valence-corrected chi connectivity index (χ4v) is 1.55. The fourth-order valence-electron chi connectivity index (χ4n) is 1.55. The van der Waals surface area contributed by atoms with Crippen LogP contribution in [0.1, 0.15) is 24.9 Å². The van der Waals surface area contributed by atoms with Crippen LogP contribution in [0, 0.1) is 0 Å². The third-order valence-electron chi connectivity index (χ3n) is 2.56. The number of nitrogens with two attached hydrogens (primary N) is 2. The predicted molar refractivity (Wildman–Crippen MR) is 64.6 cm³/mol. The van der Waals surface area contributed by atoms with Gasteiger partial charge in [-0.15, -0.1) is 0 Å². The zero-order valence-electron chi connectivity index (χ0n) is 9.52. The Bertz CT molecular complexity index is 326. The minimum absolute atomic E-state index is 0.214. The van der Waals surface area contributed by atoms with Gasteiger partial charge in [-0.05, 0) is 12.0 Å². The van der Waals surface area contributed by atoms with Crippen LogP contribution in [-0.4, -0.2) is 18.5 Å². The largest absolute Gasteiger partial charge is 0.368 e. The van der Waals surface area contributed by atoms with Crippen molar-refractivity contribution in [1.82, 2.24) is 5.32 Å². The monoisotopic (exact) mass is 221 g/mol. The number of benzene rings is 1. The lowest BCUT2D eigenvalue weighted by Gasteiger charge is -2.19. The summed E-state index contributed by atoms with van der Waals surface area (Å²) in [5, 5.41) is 3.24. The van der Waals surface area contributed by atoms with Crippen molar-refractivity contribution in [2.45, 2.75) is 25.4 Å². The molecule has 4 heteroatoms. The first kappa shape index (κ1) is 12.7. The molecule has 0 aliphatic rings. The highest BCUT2D eigenvalue weighted by Gasteiger charge is 2.13. The van der Waals surface area contributed by atoms with Crippen LogP contribution in [0.2, 0.25) is 0 Å². The number of primary amides is 1. The molecular formula is C12H19N3O. The third-order valence-corrected chi connectivity index (χ3v) is 2.56. The van der Waals surface area contributed by atoms with E-state index >= 15 is 0 Å². The lowest BCUT2D eigenvalue weighted by Crippen LogP contribution is -2.45. The Balaban J connectivity index is 2.53. The van der Waals surface area contributed by atoms with Crippen LogP contribution in [0.5, 0.6) is 0 Å². The van der Waals surface area contributed by atoms with Gasteiger partial charge in [-0.25, -0.2) is 0 Å². The van der Waals surface area contributed by atoms with Crippen molar-refractivity contribution in [2.24, 2.45) is 11.5 Å². The van der Waals surface area contributed by atoms with Gasteiger partial charge >= 0.3 is 0 Å². The maximum Gasteiger partial charge on any atom is 0.235 e. The van der Waals surface area contributed by atoms with E-state index < -0.39 is 11.9 Å². The SMILES string of the molecule is CCC(NCC(N)C(N)=O)c1ccccc1. The molecule has 16 heavy (non-hydrogen) atoms. The Kier molecular flexibility index (Phi) is 4.95. The summed E-state index contributed by atoms with van der Waals surface area (Å²) < 4.78 is 0. The van der Waals surface area contributed by atoms with Gasteiger partial charge in [0.1, 0.15) is 0 Å². The summed E-state index contributed by atoms with van der Waals surface area (Å²) in [6.07, 6.45) is 0.940. The maximum atomic E-state index is 10.8. The maximum absolute atomic E-state index is 10.8. The molecule has 0 aromatic heterocycles. The van der Waals surface area contributed by atoms with Gasteiger partial charge in [0.2, 0.25) is 5.91 Å². The fraction of sp³-hybridized carbons (Fsp3) is 0.417. The summed E-state index contributed by atoms with van der Waals surface area (Å²) >= 11 is 0. The number of carbonyl (C=O) groups excluding carboxylic acids is 1. The molecule has 0 spiro atoms. The van der Waals surface area contributed by atoms with Crippen molar-refractivity contribution >= 4 is 5.91 Å². The Morgan fingerprint density at radius 1 is 1.38 bits per heavy atom. The van der Waals surface area contributed by atoms with E-state index in [4.69, 9.17) is 11.5 Å². The second-order valence-electron chi connectivity index (χ2n) is 3.79. The van der Waals surface area contributed by atoms with Gasteiger partial charge in [0, 0.05) is 12.6 Å². The zero-order chi connectivity index (χ0) is 12.0. The molecule has 0 radical (unpaired) electrons. The molecule has 88 valence electrons. The molecule has 0 bridgehead atoms. The van der Waals surface area contributed by atoms with Crippen LogP contribution in [0.25, 0.3) is 0 Å². The molecule has 0 saturated carbocycles. The molecular weight excluding hydrogens is 202 g/mol. The van der Waals surface area contributed by atoms with E-state index in [2.05, 4.69) is 24.4 Å². The standard InChI is InChI=1S/C12H19N3O/c1-2-11(9-6-4-3-5-7-9)15-8-10(13)12(14)16/h3-7,10-11,15H,2,8,13H2,1H3,(H2,14,16). The average Bonchev–Trinajstić information content (AvgIpc) is 2.30. The summed E-state index contributed by atoms with van der Waals surface area (Å²) in [7, 11) is 0.